The Balaban J connectivity index is 1.24. The van der Waals surface area contributed by atoms with E-state index in [9.17, 15) is 0 Å². The number of rotatable bonds is 1. The van der Waals surface area contributed by atoms with Gasteiger partial charge in [0, 0.05) is 60.0 Å². The molecule has 4 aromatic heterocycles. The summed E-state index contributed by atoms with van der Waals surface area (Å²) in [6.45, 7) is 13.7. The Morgan fingerprint density at radius 1 is 0.419 bits per heavy atom. The molecule has 0 saturated heterocycles. The van der Waals surface area contributed by atoms with Crippen molar-refractivity contribution in [3.05, 3.63) is 151 Å². The third-order valence-electron chi connectivity index (χ3n) is 14.1. The zero-order chi connectivity index (χ0) is 41.6. The number of hydrogen-bond donors (Lipinski definition) is 0. The molecule has 0 aliphatic carbocycles. The van der Waals surface area contributed by atoms with Gasteiger partial charge < -0.3 is 22.6 Å². The topological polar surface area (TPSA) is 47.6 Å². The fraction of sp³-hybridized carbons (Fsp3) is 0.143. The lowest BCUT2D eigenvalue weighted by Gasteiger charge is -2.42. The molecule has 14 rings (SSSR count). The lowest BCUT2D eigenvalue weighted by atomic mass is 9.43. The van der Waals surface area contributed by atoms with E-state index in [1.807, 2.05) is 0 Å². The molecule has 0 amide bonds. The molecule has 8 aromatic carbocycles. The minimum atomic E-state index is -0.255. The summed E-state index contributed by atoms with van der Waals surface area (Å²) in [4.78, 5) is 2.57. The fourth-order valence-corrected chi connectivity index (χ4v) is 11.1. The zero-order valence-corrected chi connectivity index (χ0v) is 35.5. The lowest BCUT2D eigenvalue weighted by Crippen LogP contribution is -2.60. The first-order valence-corrected chi connectivity index (χ1v) is 21.8. The molecule has 62 heavy (non-hydrogen) atoms. The van der Waals surface area contributed by atoms with E-state index in [0.717, 1.165) is 94.0 Å². The Bertz CT molecular complexity index is 3970. The molecule has 0 spiro atoms. The van der Waals surface area contributed by atoms with Gasteiger partial charge in [0.15, 0.2) is 5.58 Å². The van der Waals surface area contributed by atoms with Gasteiger partial charge >= 0.3 is 6.85 Å². The normalized spacial score (nSPS) is 13.9. The van der Waals surface area contributed by atoms with Crippen LogP contribution in [0.5, 0.6) is 0 Å². The van der Waals surface area contributed by atoms with Crippen molar-refractivity contribution in [3.63, 3.8) is 0 Å². The second-order valence-electron chi connectivity index (χ2n) is 19.6. The number of nitrogens with zero attached hydrogens (tertiary/aromatic N) is 2. The van der Waals surface area contributed by atoms with Gasteiger partial charge in [-0.3, -0.25) is 0 Å². The average Bonchev–Trinajstić information content (AvgIpc) is 4.03. The van der Waals surface area contributed by atoms with Crippen molar-refractivity contribution in [1.29, 1.82) is 0 Å². The van der Waals surface area contributed by atoms with Crippen LogP contribution >= 0.6 is 0 Å². The molecule has 0 fully saturated rings. The molecule has 0 N–H and O–H groups in total. The first kappa shape index (κ1) is 34.5. The van der Waals surface area contributed by atoms with E-state index in [0.29, 0.717) is 0 Å². The largest absolute Gasteiger partial charge is 0.455 e. The lowest BCUT2D eigenvalue weighted by molar-refractivity contribution is 0.590. The predicted octanol–water partition coefficient (Wildman–Crippen LogP) is 14.3. The number of fused-ring (bicyclic) bond motifs is 18. The molecule has 6 heteroatoms. The van der Waals surface area contributed by atoms with Crippen molar-refractivity contribution in [3.8, 4) is 16.8 Å². The molecule has 0 saturated carbocycles. The Labute approximate surface area is 357 Å². The maximum Gasteiger partial charge on any atom is 0.333 e. The summed E-state index contributed by atoms with van der Waals surface area (Å²) < 4.78 is 23.7. The number of hydrogen-bond acceptors (Lipinski definition) is 4. The molecular weight excluding hydrogens is 759 g/mol. The first-order chi connectivity index (χ1) is 30.0. The van der Waals surface area contributed by atoms with Gasteiger partial charge in [-0.2, -0.15) is 0 Å². The predicted molar refractivity (Wildman–Crippen MR) is 259 cm³/mol. The van der Waals surface area contributed by atoms with Crippen molar-refractivity contribution in [2.45, 2.75) is 52.4 Å². The van der Waals surface area contributed by atoms with Crippen LogP contribution in [-0.4, -0.2) is 11.4 Å². The van der Waals surface area contributed by atoms with Crippen LogP contribution < -0.4 is 15.7 Å². The second-order valence-corrected chi connectivity index (χ2v) is 19.6. The average molecular weight is 801 g/mol. The minimum Gasteiger partial charge on any atom is -0.455 e. The Kier molecular flexibility index (Phi) is 6.34. The quantitative estimate of drug-likeness (QED) is 0.155. The third-order valence-corrected chi connectivity index (χ3v) is 14.1. The Morgan fingerprint density at radius 2 is 1.00 bits per heavy atom. The minimum absolute atomic E-state index is 0.0205. The smallest absolute Gasteiger partial charge is 0.333 e. The van der Waals surface area contributed by atoms with Crippen LogP contribution in [-0.2, 0) is 10.8 Å². The van der Waals surface area contributed by atoms with Crippen LogP contribution in [0.2, 0.25) is 0 Å². The molecule has 296 valence electrons. The van der Waals surface area contributed by atoms with Crippen molar-refractivity contribution in [2.75, 3.05) is 4.81 Å². The van der Waals surface area contributed by atoms with Gasteiger partial charge in [0.25, 0.3) is 0 Å². The summed E-state index contributed by atoms with van der Waals surface area (Å²) in [6.07, 6.45) is 0. The van der Waals surface area contributed by atoms with Crippen LogP contribution in [0.25, 0.3) is 104 Å². The summed E-state index contributed by atoms with van der Waals surface area (Å²) in [5, 5.41) is 9.11. The van der Waals surface area contributed by atoms with Crippen LogP contribution in [0.4, 0.5) is 11.4 Å². The SMILES string of the molecule is CC(C)(C)c1ccc2c(c1)c1cc(C(C)(C)C)cc3c1n2-c1cc2c(oc4ccccc42)c2c1B3N(c1cccc3c1oc1ccccc13)c1ccc3c(oc4ccccc43)c1-2. The summed E-state index contributed by atoms with van der Waals surface area (Å²) in [5.41, 5.74) is 17.9. The zero-order valence-electron chi connectivity index (χ0n) is 35.5. The van der Waals surface area contributed by atoms with Gasteiger partial charge in [-0.15, -0.1) is 0 Å². The van der Waals surface area contributed by atoms with Gasteiger partial charge in [-0.1, -0.05) is 120 Å². The molecule has 12 aromatic rings. The molecule has 0 unspecified atom stereocenters. The standard InChI is InChI=1S/C56H41BN2O3/c1-55(2,3)30-22-24-41-37(26-30)38-27-31(56(4,5)6)28-40-51(38)58(41)44-29-39-34-16-9-12-21-47(34)62-54(39)49-48-42(25-23-36-33-15-8-11-20-46(33)61-53(36)48)59(57(40)50(44)49)43-18-13-17-35-32-14-7-10-19-45(32)60-52(35)43/h7-29H,1-6H3. The Morgan fingerprint density at radius 3 is 1.68 bits per heavy atom. The number of anilines is 2. The van der Waals surface area contributed by atoms with E-state index in [-0.39, 0.29) is 17.7 Å². The van der Waals surface area contributed by atoms with Gasteiger partial charge in [0.1, 0.15) is 27.9 Å². The van der Waals surface area contributed by atoms with Crippen LogP contribution in [0.1, 0.15) is 52.7 Å². The molecule has 2 aliphatic heterocycles. The van der Waals surface area contributed by atoms with Gasteiger partial charge in [0.05, 0.1) is 22.3 Å². The summed E-state index contributed by atoms with van der Waals surface area (Å²) >= 11 is 0. The first-order valence-electron chi connectivity index (χ1n) is 21.8. The maximum absolute atomic E-state index is 7.13. The molecular formula is C56H41BN2O3. The van der Waals surface area contributed by atoms with Gasteiger partial charge in [-0.25, -0.2) is 0 Å². The highest BCUT2D eigenvalue weighted by molar-refractivity contribution is 6.94. The van der Waals surface area contributed by atoms with Crippen molar-refractivity contribution >= 4 is 117 Å². The van der Waals surface area contributed by atoms with Crippen molar-refractivity contribution in [1.82, 2.24) is 4.57 Å². The van der Waals surface area contributed by atoms with E-state index in [1.54, 1.807) is 0 Å². The highest BCUT2D eigenvalue weighted by atomic mass is 16.3. The highest BCUT2D eigenvalue weighted by Gasteiger charge is 2.47. The van der Waals surface area contributed by atoms with E-state index in [1.165, 1.54) is 43.9 Å². The van der Waals surface area contributed by atoms with E-state index < -0.39 is 0 Å². The fourth-order valence-electron chi connectivity index (χ4n) is 11.1. The molecule has 6 heterocycles. The summed E-state index contributed by atoms with van der Waals surface area (Å²) in [5.74, 6) is 0. The monoisotopic (exact) mass is 800 g/mol. The highest BCUT2D eigenvalue weighted by Crippen LogP contribution is 2.53. The van der Waals surface area contributed by atoms with Crippen molar-refractivity contribution < 1.29 is 13.3 Å². The van der Waals surface area contributed by atoms with Gasteiger partial charge in [-0.05, 0) is 93.5 Å². The van der Waals surface area contributed by atoms with Crippen molar-refractivity contribution in [2.24, 2.45) is 0 Å². The number of aromatic nitrogens is 1. The van der Waals surface area contributed by atoms with E-state index >= 15 is 0 Å². The number of furan rings is 3. The summed E-state index contributed by atoms with van der Waals surface area (Å²) in [7, 11) is 0. The van der Waals surface area contributed by atoms with Crippen LogP contribution in [0.15, 0.2) is 153 Å². The summed E-state index contributed by atoms with van der Waals surface area (Å²) in [6, 6.07) is 51.0. The molecule has 0 bridgehead atoms. The third kappa shape index (κ3) is 4.29. The van der Waals surface area contributed by atoms with E-state index in [2.05, 4.69) is 190 Å². The molecule has 0 radical (unpaired) electrons. The second kappa shape index (κ2) is 11.4. The maximum atomic E-state index is 7.13. The van der Waals surface area contributed by atoms with Crippen LogP contribution in [0.3, 0.4) is 0 Å². The van der Waals surface area contributed by atoms with E-state index in [4.69, 9.17) is 13.3 Å². The van der Waals surface area contributed by atoms with Crippen LogP contribution in [0, 0.1) is 0 Å². The molecule has 0 atom stereocenters. The van der Waals surface area contributed by atoms with Gasteiger partial charge in [0.2, 0.25) is 0 Å². The Hall–Kier alpha value is -7.18. The number of para-hydroxylation sites is 4. The molecule has 5 nitrogen and oxygen atoms in total. The molecule has 2 aliphatic rings. The number of benzene rings is 8.